The molecule has 0 aliphatic rings. The van der Waals surface area contributed by atoms with E-state index in [4.69, 9.17) is 16.8 Å². The standard InChI is InChI=1S/C9H11ClN2O/c1-12(2)8-5-3-7(4-6-8)9(10)11-13/h3-6,13H,1-2H3. The summed E-state index contributed by atoms with van der Waals surface area (Å²) in [4.78, 5) is 1.98. The summed E-state index contributed by atoms with van der Waals surface area (Å²) in [6, 6.07) is 7.42. The second-order valence-electron chi connectivity index (χ2n) is 2.83. The zero-order valence-electron chi connectivity index (χ0n) is 7.53. The molecule has 0 saturated carbocycles. The van der Waals surface area contributed by atoms with Gasteiger partial charge in [-0.15, -0.1) is 0 Å². The van der Waals surface area contributed by atoms with Crippen molar-refractivity contribution < 1.29 is 5.21 Å². The Labute approximate surface area is 82.2 Å². The first-order valence-corrected chi connectivity index (χ1v) is 4.18. The second-order valence-corrected chi connectivity index (χ2v) is 3.19. The Hall–Kier alpha value is -1.22. The number of rotatable bonds is 2. The van der Waals surface area contributed by atoms with Crippen LogP contribution in [0.25, 0.3) is 0 Å². The quantitative estimate of drug-likeness (QED) is 0.449. The second kappa shape index (κ2) is 4.14. The van der Waals surface area contributed by atoms with E-state index in [1.54, 1.807) is 12.1 Å². The van der Waals surface area contributed by atoms with Crippen LogP contribution in [0.5, 0.6) is 0 Å². The van der Waals surface area contributed by atoms with Crippen LogP contribution in [0, 0.1) is 0 Å². The smallest absolute Gasteiger partial charge is 0.175 e. The van der Waals surface area contributed by atoms with Crippen molar-refractivity contribution in [3.05, 3.63) is 29.8 Å². The first kappa shape index (κ1) is 9.86. The molecule has 1 rings (SSSR count). The number of benzene rings is 1. The van der Waals surface area contributed by atoms with Crippen LogP contribution >= 0.6 is 11.6 Å². The van der Waals surface area contributed by atoms with Crippen molar-refractivity contribution in [1.29, 1.82) is 0 Å². The van der Waals surface area contributed by atoms with Gasteiger partial charge in [0.1, 0.15) is 0 Å². The minimum absolute atomic E-state index is 0.102. The molecule has 0 radical (unpaired) electrons. The molecule has 1 aromatic carbocycles. The third-order valence-electron chi connectivity index (χ3n) is 1.71. The molecule has 0 atom stereocenters. The summed E-state index contributed by atoms with van der Waals surface area (Å²) in [5.74, 6) is 0. The van der Waals surface area contributed by atoms with Gasteiger partial charge in [0.05, 0.1) is 0 Å². The SMILES string of the molecule is CN(C)c1ccc(C(Cl)=NO)cc1. The predicted octanol–water partition coefficient (Wildman–Crippen LogP) is 2.13. The van der Waals surface area contributed by atoms with Gasteiger partial charge in [0.25, 0.3) is 0 Å². The van der Waals surface area contributed by atoms with Crippen molar-refractivity contribution in [3.8, 4) is 0 Å². The van der Waals surface area contributed by atoms with Crippen molar-refractivity contribution in [2.24, 2.45) is 5.16 Å². The lowest BCUT2D eigenvalue weighted by Crippen LogP contribution is -2.08. The van der Waals surface area contributed by atoms with Crippen LogP contribution in [0.4, 0.5) is 5.69 Å². The van der Waals surface area contributed by atoms with Crippen molar-refractivity contribution in [2.45, 2.75) is 0 Å². The van der Waals surface area contributed by atoms with E-state index >= 15 is 0 Å². The van der Waals surface area contributed by atoms with Gasteiger partial charge in [0, 0.05) is 25.3 Å². The lowest BCUT2D eigenvalue weighted by molar-refractivity contribution is 0.321. The van der Waals surface area contributed by atoms with Crippen LogP contribution in [-0.2, 0) is 0 Å². The molecule has 0 fully saturated rings. The molecule has 1 aromatic rings. The Morgan fingerprint density at radius 1 is 1.31 bits per heavy atom. The number of anilines is 1. The highest BCUT2D eigenvalue weighted by atomic mass is 35.5. The Morgan fingerprint density at radius 3 is 2.23 bits per heavy atom. The number of oxime groups is 1. The Morgan fingerprint density at radius 2 is 1.85 bits per heavy atom. The molecule has 3 nitrogen and oxygen atoms in total. The number of halogens is 1. The summed E-state index contributed by atoms with van der Waals surface area (Å²) in [7, 11) is 3.91. The molecule has 0 amide bonds. The summed E-state index contributed by atoms with van der Waals surface area (Å²) in [5, 5.41) is 11.4. The third-order valence-corrected chi connectivity index (χ3v) is 2.00. The van der Waals surface area contributed by atoms with Crippen LogP contribution in [-0.4, -0.2) is 24.5 Å². The van der Waals surface area contributed by atoms with E-state index in [1.165, 1.54) is 0 Å². The van der Waals surface area contributed by atoms with E-state index in [2.05, 4.69) is 5.16 Å². The monoisotopic (exact) mass is 198 g/mol. The number of hydrogen-bond donors (Lipinski definition) is 1. The molecule has 70 valence electrons. The summed E-state index contributed by atoms with van der Waals surface area (Å²) < 4.78 is 0. The fourth-order valence-electron chi connectivity index (χ4n) is 0.955. The van der Waals surface area contributed by atoms with Gasteiger partial charge in [-0.2, -0.15) is 0 Å². The van der Waals surface area contributed by atoms with Gasteiger partial charge in [0.2, 0.25) is 0 Å². The summed E-state index contributed by atoms with van der Waals surface area (Å²) >= 11 is 5.61. The highest BCUT2D eigenvalue weighted by Crippen LogP contribution is 2.13. The van der Waals surface area contributed by atoms with Crippen LogP contribution in [0.15, 0.2) is 29.4 Å². The molecular formula is C9H11ClN2O. The number of hydrogen-bond acceptors (Lipinski definition) is 3. The lowest BCUT2D eigenvalue weighted by atomic mass is 10.2. The van der Waals surface area contributed by atoms with Gasteiger partial charge in [-0.25, -0.2) is 0 Å². The molecule has 0 saturated heterocycles. The molecular weight excluding hydrogens is 188 g/mol. The zero-order valence-corrected chi connectivity index (χ0v) is 8.28. The Balaban J connectivity index is 2.94. The maximum atomic E-state index is 8.41. The lowest BCUT2D eigenvalue weighted by Gasteiger charge is -2.11. The molecule has 0 aliphatic carbocycles. The molecule has 0 spiro atoms. The number of nitrogens with zero attached hydrogens (tertiary/aromatic N) is 2. The van der Waals surface area contributed by atoms with E-state index in [-0.39, 0.29) is 5.17 Å². The molecule has 0 unspecified atom stereocenters. The maximum absolute atomic E-state index is 8.41. The van der Waals surface area contributed by atoms with Gasteiger partial charge < -0.3 is 10.1 Å². The van der Waals surface area contributed by atoms with Gasteiger partial charge in [-0.05, 0) is 24.3 Å². The van der Waals surface area contributed by atoms with Crippen LogP contribution in [0.2, 0.25) is 0 Å². The van der Waals surface area contributed by atoms with E-state index in [9.17, 15) is 0 Å². The Kier molecular flexibility index (Phi) is 3.14. The topological polar surface area (TPSA) is 35.8 Å². The molecule has 0 bridgehead atoms. The van der Waals surface area contributed by atoms with Gasteiger partial charge >= 0.3 is 0 Å². The minimum Gasteiger partial charge on any atom is -0.410 e. The minimum atomic E-state index is 0.102. The van der Waals surface area contributed by atoms with E-state index < -0.39 is 0 Å². The highest BCUT2D eigenvalue weighted by molar-refractivity contribution is 6.69. The van der Waals surface area contributed by atoms with Crippen LogP contribution in [0.1, 0.15) is 5.56 Å². The summed E-state index contributed by atoms with van der Waals surface area (Å²) in [6.45, 7) is 0. The van der Waals surface area contributed by atoms with Crippen LogP contribution < -0.4 is 4.90 Å². The van der Waals surface area contributed by atoms with Crippen molar-refractivity contribution in [3.63, 3.8) is 0 Å². The van der Waals surface area contributed by atoms with E-state index in [1.807, 2.05) is 31.1 Å². The average Bonchev–Trinajstić information content (AvgIpc) is 2.17. The van der Waals surface area contributed by atoms with E-state index in [0.717, 1.165) is 5.69 Å². The maximum Gasteiger partial charge on any atom is 0.175 e. The zero-order chi connectivity index (χ0) is 9.84. The fraction of sp³-hybridized carbons (Fsp3) is 0.222. The molecule has 4 heteroatoms. The third kappa shape index (κ3) is 2.36. The van der Waals surface area contributed by atoms with Crippen molar-refractivity contribution in [2.75, 3.05) is 19.0 Å². The first-order chi connectivity index (χ1) is 6.15. The van der Waals surface area contributed by atoms with Crippen molar-refractivity contribution >= 4 is 22.5 Å². The molecule has 0 heterocycles. The first-order valence-electron chi connectivity index (χ1n) is 3.80. The van der Waals surface area contributed by atoms with Crippen LogP contribution in [0.3, 0.4) is 0 Å². The van der Waals surface area contributed by atoms with Gasteiger partial charge in [0.15, 0.2) is 5.17 Å². The Bertz CT molecular complexity index is 306. The summed E-state index contributed by atoms with van der Waals surface area (Å²) in [6.07, 6.45) is 0. The molecule has 0 aromatic heterocycles. The average molecular weight is 199 g/mol. The molecule has 0 aliphatic heterocycles. The normalized spacial score (nSPS) is 11.5. The van der Waals surface area contributed by atoms with E-state index in [0.29, 0.717) is 5.56 Å². The molecule has 13 heavy (non-hydrogen) atoms. The fourth-order valence-corrected chi connectivity index (χ4v) is 1.08. The predicted molar refractivity (Wildman–Crippen MR) is 54.9 cm³/mol. The highest BCUT2D eigenvalue weighted by Gasteiger charge is 2.00. The van der Waals surface area contributed by atoms with Gasteiger partial charge in [-0.1, -0.05) is 16.8 Å². The molecule has 1 N–H and O–H groups in total. The van der Waals surface area contributed by atoms with Crippen molar-refractivity contribution in [1.82, 2.24) is 0 Å². The van der Waals surface area contributed by atoms with Gasteiger partial charge in [-0.3, -0.25) is 0 Å². The summed E-state index contributed by atoms with van der Waals surface area (Å²) in [5.41, 5.74) is 1.78. The largest absolute Gasteiger partial charge is 0.410 e.